The molecule has 5 heteroatoms. The minimum absolute atomic E-state index is 0.368. The van der Waals surface area contributed by atoms with Crippen LogP contribution in [-0.2, 0) is 10.0 Å². The number of nitrogens with one attached hydrogen (secondary N) is 1. The van der Waals surface area contributed by atoms with Gasteiger partial charge < -0.3 is 0 Å². The lowest BCUT2D eigenvalue weighted by atomic mass is 10.2. The zero-order valence-electron chi connectivity index (χ0n) is 12.2. The van der Waals surface area contributed by atoms with E-state index in [4.69, 9.17) is 0 Å². The molecule has 0 spiro atoms. The molecule has 0 atom stereocenters. The number of hydrogen-bond donors (Lipinski definition) is 1. The van der Waals surface area contributed by atoms with Gasteiger partial charge in [-0.1, -0.05) is 30.3 Å². The summed E-state index contributed by atoms with van der Waals surface area (Å²) in [5.41, 5.74) is 1.71. The Morgan fingerprint density at radius 1 is 1.05 bits per heavy atom. The number of benzene rings is 2. The Morgan fingerprint density at radius 3 is 2.48 bits per heavy atom. The second-order valence-electron chi connectivity index (χ2n) is 4.83. The van der Waals surface area contributed by atoms with Gasteiger partial charge in [0, 0.05) is 17.2 Å². The Morgan fingerprint density at radius 2 is 1.76 bits per heavy atom. The second-order valence-corrected chi connectivity index (χ2v) is 7.73. The Kier molecular flexibility index (Phi) is 5.45. The SMILES string of the molecule is Cc1ccc(C)c(S(=O)(=O)NCCSc2ccccc2)c1. The molecule has 3 nitrogen and oxygen atoms in total. The summed E-state index contributed by atoms with van der Waals surface area (Å²) in [5.74, 6) is 0.702. The summed E-state index contributed by atoms with van der Waals surface area (Å²) < 4.78 is 27.3. The van der Waals surface area contributed by atoms with Gasteiger partial charge in [-0.25, -0.2) is 13.1 Å². The van der Waals surface area contributed by atoms with Gasteiger partial charge in [0.15, 0.2) is 0 Å². The largest absolute Gasteiger partial charge is 0.240 e. The quantitative estimate of drug-likeness (QED) is 0.655. The highest BCUT2D eigenvalue weighted by molar-refractivity contribution is 7.99. The highest BCUT2D eigenvalue weighted by Gasteiger charge is 2.16. The van der Waals surface area contributed by atoms with Crippen LogP contribution in [0.2, 0.25) is 0 Å². The van der Waals surface area contributed by atoms with E-state index in [-0.39, 0.29) is 0 Å². The van der Waals surface area contributed by atoms with E-state index in [2.05, 4.69) is 4.72 Å². The van der Waals surface area contributed by atoms with Crippen LogP contribution in [0, 0.1) is 13.8 Å². The molecule has 2 aromatic rings. The van der Waals surface area contributed by atoms with Gasteiger partial charge in [0.1, 0.15) is 0 Å². The van der Waals surface area contributed by atoms with Crippen LogP contribution < -0.4 is 4.72 Å². The van der Waals surface area contributed by atoms with Crippen molar-refractivity contribution in [2.45, 2.75) is 23.6 Å². The number of aryl methyl sites for hydroxylation is 2. The molecule has 0 heterocycles. The number of thioether (sulfide) groups is 1. The van der Waals surface area contributed by atoms with E-state index in [9.17, 15) is 8.42 Å². The molecule has 0 bridgehead atoms. The summed E-state index contributed by atoms with van der Waals surface area (Å²) in [6.45, 7) is 4.12. The van der Waals surface area contributed by atoms with Gasteiger partial charge in [-0.3, -0.25) is 0 Å². The Bertz CT molecular complexity index is 697. The van der Waals surface area contributed by atoms with Crippen molar-refractivity contribution < 1.29 is 8.42 Å². The molecule has 21 heavy (non-hydrogen) atoms. The summed E-state index contributed by atoms with van der Waals surface area (Å²) in [5, 5.41) is 0. The van der Waals surface area contributed by atoms with Crippen molar-refractivity contribution in [3.63, 3.8) is 0 Å². The van der Waals surface area contributed by atoms with Gasteiger partial charge in [-0.15, -0.1) is 11.8 Å². The molecule has 0 amide bonds. The van der Waals surface area contributed by atoms with Crippen molar-refractivity contribution >= 4 is 21.8 Å². The molecule has 0 aliphatic rings. The molecule has 112 valence electrons. The number of hydrogen-bond acceptors (Lipinski definition) is 3. The maximum atomic E-state index is 12.3. The maximum Gasteiger partial charge on any atom is 0.240 e. The van der Waals surface area contributed by atoms with Crippen LogP contribution in [0.25, 0.3) is 0 Å². The molecule has 0 aromatic heterocycles. The van der Waals surface area contributed by atoms with Gasteiger partial charge >= 0.3 is 0 Å². The van der Waals surface area contributed by atoms with Crippen LogP contribution in [0.3, 0.4) is 0 Å². The van der Waals surface area contributed by atoms with Gasteiger partial charge in [0.25, 0.3) is 0 Å². The minimum Gasteiger partial charge on any atom is -0.210 e. The maximum absolute atomic E-state index is 12.3. The van der Waals surface area contributed by atoms with E-state index in [1.807, 2.05) is 56.3 Å². The molecule has 1 N–H and O–H groups in total. The fraction of sp³-hybridized carbons (Fsp3) is 0.250. The van der Waals surface area contributed by atoms with Gasteiger partial charge in [0.05, 0.1) is 4.90 Å². The van der Waals surface area contributed by atoms with Crippen molar-refractivity contribution in [2.24, 2.45) is 0 Å². The normalized spacial score (nSPS) is 11.5. The molecule has 2 rings (SSSR count). The summed E-state index contributed by atoms with van der Waals surface area (Å²) in [7, 11) is -3.43. The molecule has 0 saturated heterocycles. The topological polar surface area (TPSA) is 46.2 Å². The third kappa shape index (κ3) is 4.59. The van der Waals surface area contributed by atoms with Crippen LogP contribution in [-0.4, -0.2) is 20.7 Å². The monoisotopic (exact) mass is 321 g/mol. The van der Waals surface area contributed by atoms with E-state index in [0.717, 1.165) is 16.0 Å². The number of sulfonamides is 1. The first-order valence-electron chi connectivity index (χ1n) is 6.74. The summed E-state index contributed by atoms with van der Waals surface area (Å²) in [6, 6.07) is 15.4. The van der Waals surface area contributed by atoms with Gasteiger partial charge in [0.2, 0.25) is 10.0 Å². The third-order valence-electron chi connectivity index (χ3n) is 3.04. The third-order valence-corrected chi connectivity index (χ3v) is 5.66. The van der Waals surface area contributed by atoms with E-state index >= 15 is 0 Å². The van der Waals surface area contributed by atoms with Crippen molar-refractivity contribution in [1.82, 2.24) is 4.72 Å². The fourth-order valence-electron chi connectivity index (χ4n) is 1.94. The van der Waals surface area contributed by atoms with E-state index in [0.29, 0.717) is 17.2 Å². The van der Waals surface area contributed by atoms with Crippen LogP contribution in [0.4, 0.5) is 0 Å². The lowest BCUT2D eigenvalue weighted by molar-refractivity contribution is 0.583. The van der Waals surface area contributed by atoms with Crippen LogP contribution in [0.15, 0.2) is 58.3 Å². The van der Waals surface area contributed by atoms with Crippen molar-refractivity contribution in [1.29, 1.82) is 0 Å². The summed E-state index contributed by atoms with van der Waals surface area (Å²) in [6.07, 6.45) is 0. The number of rotatable bonds is 6. The fourth-order valence-corrected chi connectivity index (χ4v) is 4.21. The van der Waals surface area contributed by atoms with Gasteiger partial charge in [-0.05, 0) is 43.2 Å². The molecule has 0 radical (unpaired) electrons. The minimum atomic E-state index is -3.43. The van der Waals surface area contributed by atoms with Crippen LogP contribution >= 0.6 is 11.8 Å². The predicted octanol–water partition coefficient (Wildman–Crippen LogP) is 3.37. The van der Waals surface area contributed by atoms with Gasteiger partial charge in [-0.2, -0.15) is 0 Å². The predicted molar refractivity (Wildman–Crippen MR) is 88.3 cm³/mol. The van der Waals surface area contributed by atoms with E-state index < -0.39 is 10.0 Å². The zero-order valence-corrected chi connectivity index (χ0v) is 13.8. The molecule has 0 fully saturated rings. The smallest absolute Gasteiger partial charge is 0.210 e. The molecule has 0 saturated carbocycles. The van der Waals surface area contributed by atoms with Crippen molar-refractivity contribution in [3.8, 4) is 0 Å². The standard InChI is InChI=1S/C16H19NO2S2/c1-13-8-9-14(2)16(12-13)21(18,19)17-10-11-20-15-6-4-3-5-7-15/h3-9,12,17H,10-11H2,1-2H3. The van der Waals surface area contributed by atoms with E-state index in [1.54, 1.807) is 17.8 Å². The molecular weight excluding hydrogens is 302 g/mol. The average molecular weight is 321 g/mol. The highest BCUT2D eigenvalue weighted by Crippen LogP contribution is 2.18. The lowest BCUT2D eigenvalue weighted by Gasteiger charge is -2.10. The molecule has 0 aliphatic carbocycles. The zero-order chi connectivity index (χ0) is 15.3. The molecule has 0 aliphatic heterocycles. The van der Waals surface area contributed by atoms with Crippen LogP contribution in [0.1, 0.15) is 11.1 Å². The molecule has 0 unspecified atom stereocenters. The Hall–Kier alpha value is -1.30. The average Bonchev–Trinajstić information content (AvgIpc) is 2.47. The molecule has 2 aromatic carbocycles. The highest BCUT2D eigenvalue weighted by atomic mass is 32.2. The van der Waals surface area contributed by atoms with Crippen molar-refractivity contribution in [2.75, 3.05) is 12.3 Å². The van der Waals surface area contributed by atoms with Crippen LogP contribution in [0.5, 0.6) is 0 Å². The lowest BCUT2D eigenvalue weighted by Crippen LogP contribution is -2.26. The molecular formula is C16H19NO2S2. The van der Waals surface area contributed by atoms with Crippen molar-refractivity contribution in [3.05, 3.63) is 59.7 Å². The Balaban J connectivity index is 1.94. The summed E-state index contributed by atoms with van der Waals surface area (Å²) in [4.78, 5) is 1.51. The van der Waals surface area contributed by atoms with E-state index in [1.165, 1.54) is 0 Å². The summed E-state index contributed by atoms with van der Waals surface area (Å²) >= 11 is 1.64. The Labute approximate surface area is 130 Å². The first kappa shape index (κ1) is 16.1. The second kappa shape index (κ2) is 7.11. The first-order chi connectivity index (χ1) is 9.99. The first-order valence-corrected chi connectivity index (χ1v) is 9.21.